The maximum absolute atomic E-state index is 6.44. The smallest absolute Gasteiger partial charge is 0.161 e. The van der Waals surface area contributed by atoms with Gasteiger partial charge in [-0.3, -0.25) is 4.99 Å². The minimum atomic E-state index is 0.466. The molecule has 5 nitrogen and oxygen atoms in total. The molecule has 0 radical (unpaired) electrons. The van der Waals surface area contributed by atoms with Crippen molar-refractivity contribution >= 4 is 83.8 Å². The van der Waals surface area contributed by atoms with Crippen molar-refractivity contribution in [1.82, 2.24) is 0 Å². The molecule has 0 saturated carbocycles. The zero-order valence-corrected chi connectivity index (χ0v) is 28.7. The SMILES string of the molecule is C=N/C(=N\C(=N/Cc1ccccc1)c1ccc2ccc3ccccc3c2c1)c1cccc2oc3ccc(-c4cccc5oc6ccccc6c45)cc3c12. The van der Waals surface area contributed by atoms with Gasteiger partial charge in [-0.15, -0.1) is 0 Å². The Labute approximate surface area is 304 Å². The average molecular weight is 682 g/mol. The van der Waals surface area contributed by atoms with Gasteiger partial charge in [-0.05, 0) is 81.4 Å². The molecule has 10 aromatic rings. The Bertz CT molecular complexity index is 3110. The summed E-state index contributed by atoms with van der Waals surface area (Å²) in [6.45, 7) is 4.48. The van der Waals surface area contributed by atoms with Gasteiger partial charge in [0.1, 0.15) is 22.3 Å². The summed E-state index contributed by atoms with van der Waals surface area (Å²) in [5.41, 5.74) is 8.22. The second-order valence-electron chi connectivity index (χ2n) is 13.2. The van der Waals surface area contributed by atoms with Crippen molar-refractivity contribution in [2.75, 3.05) is 0 Å². The second-order valence-corrected chi connectivity index (χ2v) is 13.2. The molecule has 8 aromatic carbocycles. The molecule has 2 heterocycles. The fourth-order valence-corrected chi connectivity index (χ4v) is 7.56. The number of para-hydroxylation sites is 1. The predicted molar refractivity (Wildman–Crippen MR) is 221 cm³/mol. The lowest BCUT2D eigenvalue weighted by molar-refractivity contribution is 0.669. The standard InChI is InChI=1S/C48H31N3O2/c1-49-48(51-47(50-29-30-11-3-2-4-12-30)34-24-23-32-22-21-31-13-5-6-14-35(31)39(32)28-34)38-17-10-20-44-46(38)40-27-33(25-26-42(40)53-44)36-16-9-19-43-45(36)37-15-7-8-18-41(37)52-43/h2-28H,1,29H2/b50-47-,51-48-. The van der Waals surface area contributed by atoms with Gasteiger partial charge in [-0.2, -0.15) is 0 Å². The van der Waals surface area contributed by atoms with Gasteiger partial charge in [-0.25, -0.2) is 9.98 Å². The van der Waals surface area contributed by atoms with E-state index in [1.807, 2.05) is 72.8 Å². The number of hydrogen-bond acceptors (Lipinski definition) is 3. The Morgan fingerprint density at radius 1 is 0.491 bits per heavy atom. The van der Waals surface area contributed by atoms with Crippen LogP contribution in [0.25, 0.3) is 76.5 Å². The molecular formula is C48H31N3O2. The number of nitrogens with zero attached hydrogens (tertiary/aromatic N) is 3. The zero-order chi connectivity index (χ0) is 35.3. The molecule has 53 heavy (non-hydrogen) atoms. The van der Waals surface area contributed by atoms with Crippen LogP contribution in [0.4, 0.5) is 0 Å². The van der Waals surface area contributed by atoms with E-state index in [1.165, 1.54) is 10.8 Å². The van der Waals surface area contributed by atoms with Gasteiger partial charge >= 0.3 is 0 Å². The number of furan rings is 2. The molecule has 0 atom stereocenters. The van der Waals surface area contributed by atoms with E-state index in [9.17, 15) is 0 Å². The quantitative estimate of drug-likeness (QED) is 0.103. The number of fused-ring (bicyclic) bond motifs is 9. The van der Waals surface area contributed by atoms with Crippen molar-refractivity contribution in [3.8, 4) is 11.1 Å². The second kappa shape index (κ2) is 12.6. The van der Waals surface area contributed by atoms with Crippen LogP contribution >= 0.6 is 0 Å². The minimum absolute atomic E-state index is 0.466. The van der Waals surface area contributed by atoms with Crippen LogP contribution in [-0.2, 0) is 6.54 Å². The Morgan fingerprint density at radius 2 is 1.17 bits per heavy atom. The van der Waals surface area contributed by atoms with E-state index in [1.54, 1.807) is 0 Å². The third kappa shape index (κ3) is 5.29. The van der Waals surface area contributed by atoms with Gasteiger partial charge in [0.15, 0.2) is 11.7 Å². The molecular weight excluding hydrogens is 651 g/mol. The first-order valence-electron chi connectivity index (χ1n) is 17.6. The lowest BCUT2D eigenvalue weighted by atomic mass is 9.97. The Morgan fingerprint density at radius 3 is 2.02 bits per heavy atom. The molecule has 2 aromatic heterocycles. The first kappa shape index (κ1) is 30.7. The highest BCUT2D eigenvalue weighted by Crippen LogP contribution is 2.40. The van der Waals surface area contributed by atoms with E-state index >= 15 is 0 Å². The van der Waals surface area contributed by atoms with Crippen molar-refractivity contribution in [2.45, 2.75) is 6.54 Å². The summed E-state index contributed by atoms with van der Waals surface area (Å²) in [4.78, 5) is 14.9. The molecule has 0 N–H and O–H groups in total. The van der Waals surface area contributed by atoms with Gasteiger partial charge < -0.3 is 8.83 Å². The molecule has 0 spiro atoms. The molecule has 0 saturated heterocycles. The zero-order valence-electron chi connectivity index (χ0n) is 28.7. The molecule has 0 aliphatic heterocycles. The molecule has 10 rings (SSSR count). The van der Waals surface area contributed by atoms with E-state index in [4.69, 9.17) is 18.8 Å². The van der Waals surface area contributed by atoms with Crippen LogP contribution < -0.4 is 0 Å². The number of aliphatic imine (C=N–C) groups is 3. The highest BCUT2D eigenvalue weighted by atomic mass is 16.3. The van der Waals surface area contributed by atoms with Gasteiger partial charge in [-0.1, -0.05) is 127 Å². The summed E-state index contributed by atoms with van der Waals surface area (Å²) in [5, 5.41) is 8.74. The molecule has 5 heteroatoms. The topological polar surface area (TPSA) is 63.4 Å². The lowest BCUT2D eigenvalue weighted by Gasteiger charge is -2.10. The van der Waals surface area contributed by atoms with Gasteiger partial charge in [0.05, 0.1) is 6.54 Å². The van der Waals surface area contributed by atoms with Crippen molar-refractivity contribution in [3.05, 3.63) is 180 Å². The summed E-state index contributed by atoms with van der Waals surface area (Å²) in [6.07, 6.45) is 0. The van der Waals surface area contributed by atoms with E-state index in [0.29, 0.717) is 18.2 Å². The van der Waals surface area contributed by atoms with Crippen LogP contribution in [0.15, 0.2) is 188 Å². The number of benzene rings is 8. The average Bonchev–Trinajstić information content (AvgIpc) is 3.79. The summed E-state index contributed by atoms with van der Waals surface area (Å²) in [7, 11) is 0. The van der Waals surface area contributed by atoms with Crippen molar-refractivity contribution in [1.29, 1.82) is 0 Å². The molecule has 0 amide bonds. The summed E-state index contributed by atoms with van der Waals surface area (Å²) in [5.74, 6) is 1.05. The van der Waals surface area contributed by atoms with Crippen molar-refractivity contribution < 1.29 is 8.83 Å². The number of amidine groups is 2. The molecule has 0 bridgehead atoms. The normalized spacial score (nSPS) is 12.5. The third-order valence-electron chi connectivity index (χ3n) is 10.1. The maximum Gasteiger partial charge on any atom is 0.161 e. The van der Waals surface area contributed by atoms with E-state index in [0.717, 1.165) is 82.5 Å². The minimum Gasteiger partial charge on any atom is -0.456 e. The fraction of sp³-hybridized carbons (Fsp3) is 0.0208. The Kier molecular flexibility index (Phi) is 7.29. The largest absolute Gasteiger partial charge is 0.456 e. The molecule has 0 fully saturated rings. The predicted octanol–water partition coefficient (Wildman–Crippen LogP) is 12.6. The number of rotatable bonds is 5. The summed E-state index contributed by atoms with van der Waals surface area (Å²) in [6, 6.07) is 56.2. The van der Waals surface area contributed by atoms with Crippen LogP contribution in [0.5, 0.6) is 0 Å². The van der Waals surface area contributed by atoms with Gasteiger partial charge in [0.2, 0.25) is 0 Å². The molecule has 0 aliphatic rings. The van der Waals surface area contributed by atoms with Crippen LogP contribution in [-0.4, -0.2) is 18.4 Å². The van der Waals surface area contributed by atoms with Crippen LogP contribution in [0, 0.1) is 0 Å². The highest BCUT2D eigenvalue weighted by Gasteiger charge is 2.18. The summed E-state index contributed by atoms with van der Waals surface area (Å²) >= 11 is 0. The first-order valence-corrected chi connectivity index (χ1v) is 17.6. The van der Waals surface area contributed by atoms with E-state index in [-0.39, 0.29) is 0 Å². The lowest BCUT2D eigenvalue weighted by Crippen LogP contribution is -2.06. The number of hydrogen-bond donors (Lipinski definition) is 0. The maximum atomic E-state index is 6.44. The van der Waals surface area contributed by atoms with E-state index < -0.39 is 0 Å². The van der Waals surface area contributed by atoms with Gasteiger partial charge in [0.25, 0.3) is 0 Å². The van der Waals surface area contributed by atoms with Crippen molar-refractivity contribution in [3.63, 3.8) is 0 Å². The van der Waals surface area contributed by atoms with Crippen molar-refractivity contribution in [2.24, 2.45) is 15.0 Å². The van der Waals surface area contributed by atoms with Crippen LogP contribution in [0.3, 0.4) is 0 Å². The molecule has 0 aliphatic carbocycles. The third-order valence-corrected chi connectivity index (χ3v) is 10.1. The first-order chi connectivity index (χ1) is 26.2. The van der Waals surface area contributed by atoms with E-state index in [2.05, 4.69) is 103 Å². The fourth-order valence-electron chi connectivity index (χ4n) is 7.56. The van der Waals surface area contributed by atoms with Gasteiger partial charge in [0, 0.05) is 32.7 Å². The van der Waals surface area contributed by atoms with Crippen LogP contribution in [0.1, 0.15) is 16.7 Å². The molecule has 250 valence electrons. The molecule has 0 unspecified atom stereocenters. The Hall–Kier alpha value is -7.11. The van der Waals surface area contributed by atoms with Crippen LogP contribution in [0.2, 0.25) is 0 Å². The monoisotopic (exact) mass is 681 g/mol. The Balaban J connectivity index is 1.15. The summed E-state index contributed by atoms with van der Waals surface area (Å²) < 4.78 is 12.7. The highest BCUT2D eigenvalue weighted by molar-refractivity contribution is 6.23.